The molecule has 1 aliphatic heterocycles. The van der Waals surface area contributed by atoms with Crippen LogP contribution in [0.3, 0.4) is 0 Å². The van der Waals surface area contributed by atoms with Crippen LogP contribution in [0.1, 0.15) is 16.7 Å². The van der Waals surface area contributed by atoms with Crippen molar-refractivity contribution in [3.8, 4) is 11.5 Å². The molecular formula is C17H17BrN2O2. The quantitative estimate of drug-likeness (QED) is 0.838. The molecule has 3 rings (SSSR count). The largest absolute Gasteiger partial charge is 0.493 e. The first-order valence-corrected chi connectivity index (χ1v) is 7.89. The van der Waals surface area contributed by atoms with Crippen LogP contribution in [-0.2, 0) is 12.8 Å². The maximum Gasteiger partial charge on any atom is 0.161 e. The summed E-state index contributed by atoms with van der Waals surface area (Å²) in [5, 5.41) is 0. The highest BCUT2D eigenvalue weighted by Crippen LogP contribution is 2.33. The number of hydrogen-bond donors (Lipinski definition) is 0. The number of ether oxygens (including phenoxy) is 2. The zero-order valence-electron chi connectivity index (χ0n) is 12.6. The Morgan fingerprint density at radius 1 is 1.18 bits per heavy atom. The Labute approximate surface area is 138 Å². The first-order chi connectivity index (χ1) is 10.7. The fraction of sp³-hybridized carbons (Fsp3) is 0.294. The third kappa shape index (κ3) is 2.86. The lowest BCUT2D eigenvalue weighted by atomic mass is 9.93. The number of benzene rings is 1. The van der Waals surface area contributed by atoms with Crippen molar-refractivity contribution in [3.05, 3.63) is 51.8 Å². The topological polar surface area (TPSA) is 43.7 Å². The van der Waals surface area contributed by atoms with Crippen LogP contribution < -0.4 is 9.47 Å². The van der Waals surface area contributed by atoms with Gasteiger partial charge in [0.05, 0.1) is 14.2 Å². The lowest BCUT2D eigenvalue weighted by Crippen LogP contribution is -2.16. The van der Waals surface area contributed by atoms with Crippen molar-refractivity contribution in [1.29, 1.82) is 0 Å². The summed E-state index contributed by atoms with van der Waals surface area (Å²) in [5.74, 6) is 1.51. The Morgan fingerprint density at radius 3 is 2.68 bits per heavy atom. The molecule has 114 valence electrons. The molecule has 0 radical (unpaired) electrons. The molecule has 0 spiro atoms. The van der Waals surface area contributed by atoms with Gasteiger partial charge in [-0.25, -0.2) is 0 Å². The minimum absolute atomic E-state index is 0.740. The molecule has 0 saturated heterocycles. The van der Waals surface area contributed by atoms with Crippen molar-refractivity contribution < 1.29 is 9.47 Å². The second kappa shape index (κ2) is 6.48. The van der Waals surface area contributed by atoms with Crippen molar-refractivity contribution in [2.45, 2.75) is 12.8 Å². The fourth-order valence-electron chi connectivity index (χ4n) is 2.67. The van der Waals surface area contributed by atoms with Gasteiger partial charge in [-0.05, 0) is 51.7 Å². The first kappa shape index (κ1) is 15.0. The van der Waals surface area contributed by atoms with Gasteiger partial charge in [-0.3, -0.25) is 9.98 Å². The van der Waals surface area contributed by atoms with E-state index in [4.69, 9.17) is 14.5 Å². The van der Waals surface area contributed by atoms with Gasteiger partial charge in [-0.2, -0.15) is 0 Å². The number of nitrogens with zero attached hydrogens (tertiary/aromatic N) is 2. The molecule has 1 aliphatic rings. The van der Waals surface area contributed by atoms with Gasteiger partial charge < -0.3 is 9.47 Å². The first-order valence-electron chi connectivity index (χ1n) is 7.10. The second-order valence-corrected chi connectivity index (χ2v) is 5.94. The van der Waals surface area contributed by atoms with E-state index in [-0.39, 0.29) is 0 Å². The Balaban J connectivity index is 1.99. The number of aliphatic imine (C=N–C) groups is 1. The third-order valence-electron chi connectivity index (χ3n) is 3.82. The number of pyridine rings is 1. The zero-order chi connectivity index (χ0) is 15.5. The molecule has 2 heterocycles. The van der Waals surface area contributed by atoms with E-state index in [1.807, 2.05) is 18.3 Å². The summed E-state index contributed by atoms with van der Waals surface area (Å²) in [6.07, 6.45) is 5.32. The zero-order valence-corrected chi connectivity index (χ0v) is 14.2. The van der Waals surface area contributed by atoms with Gasteiger partial charge in [0.25, 0.3) is 0 Å². The molecule has 0 atom stereocenters. The Kier molecular flexibility index (Phi) is 4.43. The Morgan fingerprint density at radius 2 is 1.95 bits per heavy atom. The molecule has 1 aromatic carbocycles. The van der Waals surface area contributed by atoms with E-state index in [1.54, 1.807) is 20.4 Å². The molecule has 0 N–H and O–H groups in total. The SMILES string of the molecule is COc1cc2c(cc1OC)C(Cc1ccncc1Br)=NCC2. The molecule has 0 saturated carbocycles. The fourth-order valence-corrected chi connectivity index (χ4v) is 3.06. The van der Waals surface area contributed by atoms with E-state index in [9.17, 15) is 0 Å². The Bertz CT molecular complexity index is 729. The van der Waals surface area contributed by atoms with E-state index < -0.39 is 0 Å². The van der Waals surface area contributed by atoms with E-state index in [1.165, 1.54) is 11.1 Å². The summed E-state index contributed by atoms with van der Waals surface area (Å²) in [6, 6.07) is 6.10. The maximum atomic E-state index is 5.43. The second-order valence-electron chi connectivity index (χ2n) is 5.09. The molecule has 4 nitrogen and oxygen atoms in total. The predicted octanol–water partition coefficient (Wildman–Crippen LogP) is 3.45. The standard InChI is InChI=1S/C17H17BrN2O2/c1-21-16-8-11-4-6-20-15(13(11)9-17(16)22-2)7-12-3-5-19-10-14(12)18/h3,5,8-10H,4,6-7H2,1-2H3. The summed E-state index contributed by atoms with van der Waals surface area (Å²) < 4.78 is 11.8. The molecule has 0 amide bonds. The lowest BCUT2D eigenvalue weighted by molar-refractivity contribution is 0.354. The smallest absolute Gasteiger partial charge is 0.161 e. The average Bonchev–Trinajstić information content (AvgIpc) is 2.56. The van der Waals surface area contributed by atoms with Crippen LogP contribution in [0.25, 0.3) is 0 Å². The van der Waals surface area contributed by atoms with Crippen molar-refractivity contribution in [1.82, 2.24) is 4.98 Å². The molecule has 22 heavy (non-hydrogen) atoms. The minimum atomic E-state index is 0.740. The van der Waals surface area contributed by atoms with Crippen molar-refractivity contribution in [3.63, 3.8) is 0 Å². The van der Waals surface area contributed by atoms with Crippen LogP contribution in [-0.4, -0.2) is 31.5 Å². The van der Waals surface area contributed by atoms with Gasteiger partial charge >= 0.3 is 0 Å². The molecular weight excluding hydrogens is 344 g/mol. The summed E-state index contributed by atoms with van der Waals surface area (Å²) in [5.41, 5.74) is 4.66. The van der Waals surface area contributed by atoms with Crippen LogP contribution in [0.2, 0.25) is 0 Å². The highest BCUT2D eigenvalue weighted by Gasteiger charge is 2.19. The summed E-state index contributed by atoms with van der Waals surface area (Å²) >= 11 is 3.55. The monoisotopic (exact) mass is 360 g/mol. The van der Waals surface area contributed by atoms with Crippen molar-refractivity contribution >= 4 is 21.6 Å². The molecule has 1 aromatic heterocycles. The van der Waals surface area contributed by atoms with Crippen LogP contribution in [0.5, 0.6) is 11.5 Å². The molecule has 2 aromatic rings. The van der Waals surface area contributed by atoms with Crippen LogP contribution in [0, 0.1) is 0 Å². The van der Waals surface area contributed by atoms with Crippen LogP contribution in [0.15, 0.2) is 40.1 Å². The van der Waals surface area contributed by atoms with E-state index in [2.05, 4.69) is 27.0 Å². The number of rotatable bonds is 4. The van der Waals surface area contributed by atoms with Gasteiger partial charge in [0.15, 0.2) is 11.5 Å². The number of fused-ring (bicyclic) bond motifs is 1. The van der Waals surface area contributed by atoms with Gasteiger partial charge in [-0.15, -0.1) is 0 Å². The molecule has 0 unspecified atom stereocenters. The number of halogens is 1. The summed E-state index contributed by atoms with van der Waals surface area (Å²) in [7, 11) is 3.32. The summed E-state index contributed by atoms with van der Waals surface area (Å²) in [6.45, 7) is 0.806. The van der Waals surface area contributed by atoms with Gasteiger partial charge in [0, 0.05) is 41.1 Å². The van der Waals surface area contributed by atoms with E-state index in [0.717, 1.165) is 46.6 Å². The van der Waals surface area contributed by atoms with Gasteiger partial charge in [0.2, 0.25) is 0 Å². The third-order valence-corrected chi connectivity index (χ3v) is 4.53. The predicted molar refractivity (Wildman–Crippen MR) is 90.3 cm³/mol. The molecule has 0 bridgehead atoms. The molecule has 0 aliphatic carbocycles. The summed E-state index contributed by atoms with van der Waals surface area (Å²) in [4.78, 5) is 8.83. The highest BCUT2D eigenvalue weighted by atomic mass is 79.9. The van der Waals surface area contributed by atoms with E-state index in [0.29, 0.717) is 0 Å². The number of methoxy groups -OCH3 is 2. The lowest BCUT2D eigenvalue weighted by Gasteiger charge is -2.20. The number of hydrogen-bond acceptors (Lipinski definition) is 4. The molecule has 0 fully saturated rings. The van der Waals surface area contributed by atoms with Crippen LogP contribution in [0.4, 0.5) is 0 Å². The normalized spacial score (nSPS) is 13.3. The van der Waals surface area contributed by atoms with Gasteiger partial charge in [0.1, 0.15) is 0 Å². The molecule has 5 heteroatoms. The van der Waals surface area contributed by atoms with E-state index >= 15 is 0 Å². The Hall–Kier alpha value is -1.88. The van der Waals surface area contributed by atoms with Crippen molar-refractivity contribution in [2.75, 3.05) is 20.8 Å². The highest BCUT2D eigenvalue weighted by molar-refractivity contribution is 9.10. The van der Waals surface area contributed by atoms with Crippen molar-refractivity contribution in [2.24, 2.45) is 4.99 Å². The van der Waals surface area contributed by atoms with Crippen LogP contribution >= 0.6 is 15.9 Å². The average molecular weight is 361 g/mol. The number of aromatic nitrogens is 1. The maximum absolute atomic E-state index is 5.43. The minimum Gasteiger partial charge on any atom is -0.493 e. The van der Waals surface area contributed by atoms with Gasteiger partial charge in [-0.1, -0.05) is 0 Å².